The zero-order valence-corrected chi connectivity index (χ0v) is 14.4. The number of halogens is 1. The van der Waals surface area contributed by atoms with Crippen molar-refractivity contribution in [2.24, 2.45) is 0 Å². The smallest absolute Gasteiger partial charge is 0.224 e. The number of nitrogens with zero attached hydrogens (tertiary/aromatic N) is 1. The second kappa shape index (κ2) is 7.47. The molecule has 1 saturated carbocycles. The Labute approximate surface area is 137 Å². The van der Waals surface area contributed by atoms with Crippen LogP contribution < -0.4 is 0 Å². The van der Waals surface area contributed by atoms with Crippen LogP contribution in [0.25, 0.3) is 0 Å². The predicted octanol–water partition coefficient (Wildman–Crippen LogP) is 3.05. The summed E-state index contributed by atoms with van der Waals surface area (Å²) in [5.74, 6) is -0.199. The van der Waals surface area contributed by atoms with Crippen molar-refractivity contribution in [1.82, 2.24) is 4.90 Å². The molecule has 0 saturated heterocycles. The van der Waals surface area contributed by atoms with Crippen LogP contribution in [-0.4, -0.2) is 37.3 Å². The van der Waals surface area contributed by atoms with Gasteiger partial charge in [0.15, 0.2) is 0 Å². The van der Waals surface area contributed by atoms with E-state index in [0.717, 1.165) is 37.5 Å². The number of carbonyl (C=O) groups excluding carboxylic acids is 1. The van der Waals surface area contributed by atoms with Crippen LogP contribution in [0.2, 0.25) is 5.02 Å². The minimum atomic E-state index is -3.13. The third kappa shape index (κ3) is 4.99. The van der Waals surface area contributed by atoms with Crippen LogP contribution in [0.1, 0.15) is 37.7 Å². The molecule has 0 heterocycles. The van der Waals surface area contributed by atoms with Crippen molar-refractivity contribution in [2.45, 2.75) is 44.7 Å². The average Bonchev–Trinajstić information content (AvgIpc) is 2.97. The first-order valence-electron chi connectivity index (χ1n) is 7.57. The molecule has 4 nitrogen and oxygen atoms in total. The number of hydrogen-bond acceptors (Lipinski definition) is 3. The quantitative estimate of drug-likeness (QED) is 0.797. The Bertz CT molecular complexity index is 624. The second-order valence-electron chi connectivity index (χ2n) is 5.93. The highest BCUT2D eigenvalue weighted by Crippen LogP contribution is 2.27. The first kappa shape index (κ1) is 17.3. The lowest BCUT2D eigenvalue weighted by Gasteiger charge is -2.29. The van der Waals surface area contributed by atoms with Crippen LogP contribution in [-0.2, 0) is 21.2 Å². The number of sulfone groups is 1. The molecule has 22 heavy (non-hydrogen) atoms. The molecule has 0 spiro atoms. The second-order valence-corrected chi connectivity index (χ2v) is 8.60. The molecule has 0 aromatic heterocycles. The SMILES string of the molecule is CS(=O)(=O)CCC(=O)N(Cc1ccccc1Cl)C1CCCC1. The third-order valence-corrected chi connectivity index (χ3v) is 5.39. The number of carbonyl (C=O) groups is 1. The Morgan fingerprint density at radius 2 is 1.91 bits per heavy atom. The van der Waals surface area contributed by atoms with Crippen molar-refractivity contribution in [2.75, 3.05) is 12.0 Å². The van der Waals surface area contributed by atoms with Gasteiger partial charge in [-0.3, -0.25) is 4.79 Å². The predicted molar refractivity (Wildman–Crippen MR) is 88.6 cm³/mol. The third-order valence-electron chi connectivity index (χ3n) is 4.07. The topological polar surface area (TPSA) is 54.5 Å². The van der Waals surface area contributed by atoms with Crippen molar-refractivity contribution in [3.8, 4) is 0 Å². The summed E-state index contributed by atoms with van der Waals surface area (Å²) < 4.78 is 22.6. The van der Waals surface area contributed by atoms with E-state index >= 15 is 0 Å². The Morgan fingerprint density at radius 1 is 1.27 bits per heavy atom. The van der Waals surface area contributed by atoms with E-state index < -0.39 is 9.84 Å². The van der Waals surface area contributed by atoms with E-state index in [2.05, 4.69) is 0 Å². The van der Waals surface area contributed by atoms with Gasteiger partial charge in [-0.05, 0) is 24.5 Å². The monoisotopic (exact) mass is 343 g/mol. The standard InChI is InChI=1S/C16H22ClNO3S/c1-22(20,21)11-10-16(19)18(14-7-3-4-8-14)12-13-6-2-5-9-15(13)17/h2,5-6,9,14H,3-4,7-8,10-12H2,1H3. The van der Waals surface area contributed by atoms with Gasteiger partial charge in [-0.2, -0.15) is 0 Å². The molecule has 0 unspecified atom stereocenters. The Hall–Kier alpha value is -1.07. The highest BCUT2D eigenvalue weighted by molar-refractivity contribution is 7.90. The van der Waals surface area contributed by atoms with Gasteiger partial charge >= 0.3 is 0 Å². The molecule has 122 valence electrons. The summed E-state index contributed by atoms with van der Waals surface area (Å²) in [5, 5.41) is 0.640. The largest absolute Gasteiger partial charge is 0.335 e. The average molecular weight is 344 g/mol. The molecule has 1 fully saturated rings. The zero-order valence-electron chi connectivity index (χ0n) is 12.8. The molecule has 1 aromatic rings. The summed E-state index contributed by atoms with van der Waals surface area (Å²) >= 11 is 6.20. The van der Waals surface area contributed by atoms with Gasteiger partial charge in [0.1, 0.15) is 9.84 Å². The van der Waals surface area contributed by atoms with Gasteiger partial charge < -0.3 is 4.90 Å². The fraction of sp³-hybridized carbons (Fsp3) is 0.562. The van der Waals surface area contributed by atoms with Gasteiger partial charge in [0.2, 0.25) is 5.91 Å². The summed E-state index contributed by atoms with van der Waals surface area (Å²) in [7, 11) is -3.13. The van der Waals surface area contributed by atoms with Gasteiger partial charge in [0.05, 0.1) is 5.75 Å². The molecule has 0 radical (unpaired) electrons. The molecule has 0 atom stereocenters. The normalized spacial score (nSPS) is 15.9. The van der Waals surface area contributed by atoms with Crippen molar-refractivity contribution >= 4 is 27.3 Å². The lowest BCUT2D eigenvalue weighted by atomic mass is 10.1. The van der Waals surface area contributed by atoms with Crippen molar-refractivity contribution in [1.29, 1.82) is 0 Å². The van der Waals surface area contributed by atoms with Crippen molar-refractivity contribution in [3.63, 3.8) is 0 Å². The van der Waals surface area contributed by atoms with E-state index in [1.807, 2.05) is 29.2 Å². The van der Waals surface area contributed by atoms with Gasteiger partial charge in [-0.25, -0.2) is 8.42 Å². The van der Waals surface area contributed by atoms with E-state index in [0.29, 0.717) is 11.6 Å². The molecule has 0 N–H and O–H groups in total. The van der Waals surface area contributed by atoms with E-state index in [9.17, 15) is 13.2 Å². The van der Waals surface area contributed by atoms with Crippen molar-refractivity contribution in [3.05, 3.63) is 34.9 Å². The van der Waals surface area contributed by atoms with E-state index in [1.54, 1.807) is 0 Å². The molecule has 0 bridgehead atoms. The number of benzene rings is 1. The number of rotatable bonds is 6. The molecule has 1 aliphatic carbocycles. The molecule has 1 aliphatic rings. The first-order valence-corrected chi connectivity index (χ1v) is 10.0. The minimum Gasteiger partial charge on any atom is -0.335 e. The lowest BCUT2D eigenvalue weighted by molar-refractivity contribution is -0.133. The molecular formula is C16H22ClNO3S. The van der Waals surface area contributed by atoms with Crippen LogP contribution in [0.5, 0.6) is 0 Å². The molecule has 1 aromatic carbocycles. The fourth-order valence-electron chi connectivity index (χ4n) is 2.86. The van der Waals surface area contributed by atoms with E-state index in [-0.39, 0.29) is 24.1 Å². The molecule has 0 aliphatic heterocycles. The van der Waals surface area contributed by atoms with Gasteiger partial charge in [-0.1, -0.05) is 42.6 Å². The van der Waals surface area contributed by atoms with E-state index in [1.165, 1.54) is 0 Å². The maximum absolute atomic E-state index is 12.5. The van der Waals surface area contributed by atoms with Gasteiger partial charge in [0.25, 0.3) is 0 Å². The highest BCUT2D eigenvalue weighted by Gasteiger charge is 2.27. The molecule has 2 rings (SSSR count). The van der Waals surface area contributed by atoms with Gasteiger partial charge in [-0.15, -0.1) is 0 Å². The first-order chi connectivity index (χ1) is 10.4. The molecular weight excluding hydrogens is 322 g/mol. The van der Waals surface area contributed by atoms with Crippen molar-refractivity contribution < 1.29 is 13.2 Å². The van der Waals surface area contributed by atoms with Crippen LogP contribution in [0.4, 0.5) is 0 Å². The summed E-state index contributed by atoms with van der Waals surface area (Å²) in [6.07, 6.45) is 5.39. The van der Waals surface area contributed by atoms with Crippen LogP contribution in [0.15, 0.2) is 24.3 Å². The van der Waals surface area contributed by atoms with Gasteiger partial charge in [0, 0.05) is 30.3 Å². The highest BCUT2D eigenvalue weighted by atomic mass is 35.5. The Morgan fingerprint density at radius 3 is 2.50 bits per heavy atom. The van der Waals surface area contributed by atoms with E-state index in [4.69, 9.17) is 11.6 Å². The summed E-state index contributed by atoms with van der Waals surface area (Å²) in [6, 6.07) is 7.67. The number of amides is 1. The molecule has 1 amide bonds. The molecule has 6 heteroatoms. The minimum absolute atomic E-state index is 0.0415. The Balaban J connectivity index is 2.12. The lowest BCUT2D eigenvalue weighted by Crippen LogP contribution is -2.39. The summed E-state index contributed by atoms with van der Waals surface area (Å²) in [4.78, 5) is 14.3. The zero-order chi connectivity index (χ0) is 16.2. The fourth-order valence-corrected chi connectivity index (χ4v) is 3.60. The van der Waals surface area contributed by atoms with Crippen LogP contribution in [0.3, 0.4) is 0 Å². The summed E-state index contributed by atoms with van der Waals surface area (Å²) in [6.45, 7) is 0.451. The maximum Gasteiger partial charge on any atom is 0.224 e. The number of hydrogen-bond donors (Lipinski definition) is 0. The van der Waals surface area contributed by atoms with Crippen LogP contribution in [0, 0.1) is 0 Å². The van der Waals surface area contributed by atoms with Crippen LogP contribution >= 0.6 is 11.6 Å². The maximum atomic E-state index is 12.5. The Kier molecular flexibility index (Phi) is 5.87. The summed E-state index contributed by atoms with van der Waals surface area (Å²) in [5.41, 5.74) is 0.906.